The van der Waals surface area contributed by atoms with Crippen LogP contribution in [0.1, 0.15) is 23.9 Å². The normalized spacial score (nSPS) is 11.1. The first kappa shape index (κ1) is 23.1. The highest BCUT2D eigenvalue weighted by molar-refractivity contribution is 5.80. The van der Waals surface area contributed by atoms with Crippen LogP contribution in [0.25, 0.3) is 10.9 Å². The number of nitrogens with one attached hydrogen (secondary N) is 1. The number of methoxy groups -OCH3 is 1. The predicted molar refractivity (Wildman–Crippen MR) is 125 cm³/mol. The lowest BCUT2D eigenvalue weighted by Gasteiger charge is -2.22. The van der Waals surface area contributed by atoms with E-state index in [2.05, 4.69) is 25.4 Å². The molecular formula is C24H26N6O4. The molecule has 10 heteroatoms. The number of tetrazole rings is 1. The maximum Gasteiger partial charge on any atom is 0.327 e. The number of hydrogen-bond donors (Lipinski definition) is 1. The summed E-state index contributed by atoms with van der Waals surface area (Å²) in [7, 11) is 1.59. The number of ether oxygens (including phenoxy) is 2. The third-order valence-electron chi connectivity index (χ3n) is 5.33. The minimum absolute atomic E-state index is 0.0757. The van der Waals surface area contributed by atoms with Gasteiger partial charge in [0.1, 0.15) is 12.3 Å². The predicted octanol–water partition coefficient (Wildman–Crippen LogP) is 2.29. The summed E-state index contributed by atoms with van der Waals surface area (Å²) in [6.45, 7) is 3.21. The van der Waals surface area contributed by atoms with Gasteiger partial charge in [0.05, 0.1) is 25.8 Å². The smallest absolute Gasteiger partial charge is 0.327 e. The van der Waals surface area contributed by atoms with Gasteiger partial charge in [-0.25, -0.2) is 4.68 Å². The maximum absolute atomic E-state index is 12.9. The van der Waals surface area contributed by atoms with Crippen LogP contribution in [0.2, 0.25) is 0 Å². The molecule has 2 heterocycles. The summed E-state index contributed by atoms with van der Waals surface area (Å²) >= 11 is 0. The van der Waals surface area contributed by atoms with Gasteiger partial charge in [-0.15, -0.1) is 5.10 Å². The summed E-state index contributed by atoms with van der Waals surface area (Å²) in [6.07, 6.45) is 0. The number of pyridine rings is 1. The fourth-order valence-electron chi connectivity index (χ4n) is 3.71. The minimum atomic E-state index is -0.410. The summed E-state index contributed by atoms with van der Waals surface area (Å²) in [4.78, 5) is 29.8. The molecule has 2 aromatic carbocycles. The topological polar surface area (TPSA) is 115 Å². The van der Waals surface area contributed by atoms with Crippen LogP contribution in [0, 0.1) is 0 Å². The highest BCUT2D eigenvalue weighted by atomic mass is 16.5. The van der Waals surface area contributed by atoms with Gasteiger partial charge in [-0.05, 0) is 46.5 Å². The van der Waals surface area contributed by atoms with Crippen molar-refractivity contribution < 1.29 is 14.3 Å². The highest BCUT2D eigenvalue weighted by Gasteiger charge is 2.17. The van der Waals surface area contributed by atoms with Crippen molar-refractivity contribution in [1.82, 2.24) is 30.1 Å². The molecule has 176 valence electrons. The van der Waals surface area contributed by atoms with Crippen molar-refractivity contribution in [3.05, 3.63) is 81.9 Å². The lowest BCUT2D eigenvalue weighted by atomic mass is 10.1. The van der Waals surface area contributed by atoms with Gasteiger partial charge in [-0.1, -0.05) is 30.3 Å². The first-order chi connectivity index (χ1) is 16.6. The molecule has 0 bridgehead atoms. The molecule has 1 N–H and O–H groups in total. The van der Waals surface area contributed by atoms with E-state index >= 15 is 0 Å². The van der Waals surface area contributed by atoms with Gasteiger partial charge in [0.25, 0.3) is 5.56 Å². The number of carbonyl (C=O) groups is 1. The number of rotatable bonds is 10. The number of carbonyl (C=O) groups excluding carboxylic acids is 1. The number of aromatic nitrogens is 5. The zero-order chi connectivity index (χ0) is 23.9. The van der Waals surface area contributed by atoms with Crippen molar-refractivity contribution in [2.24, 2.45) is 0 Å². The number of benzene rings is 2. The van der Waals surface area contributed by atoms with Crippen molar-refractivity contribution in [3.63, 3.8) is 0 Å². The number of fused-ring (bicyclic) bond motifs is 1. The van der Waals surface area contributed by atoms with Gasteiger partial charge in [0.15, 0.2) is 5.82 Å². The van der Waals surface area contributed by atoms with E-state index in [1.165, 1.54) is 4.68 Å². The number of H-pyrrole nitrogens is 1. The van der Waals surface area contributed by atoms with Crippen molar-refractivity contribution in [3.8, 4) is 5.75 Å². The van der Waals surface area contributed by atoms with Crippen LogP contribution in [-0.4, -0.2) is 49.8 Å². The van der Waals surface area contributed by atoms with Crippen LogP contribution in [0.5, 0.6) is 5.75 Å². The van der Waals surface area contributed by atoms with Crippen LogP contribution < -0.4 is 10.3 Å². The molecule has 34 heavy (non-hydrogen) atoms. The van der Waals surface area contributed by atoms with E-state index in [0.717, 1.165) is 10.9 Å². The van der Waals surface area contributed by atoms with Gasteiger partial charge < -0.3 is 14.5 Å². The summed E-state index contributed by atoms with van der Waals surface area (Å²) in [6, 6.07) is 17.4. The van der Waals surface area contributed by atoms with Crippen LogP contribution in [0.4, 0.5) is 0 Å². The van der Waals surface area contributed by atoms with Crippen LogP contribution >= 0.6 is 0 Å². The Hall–Kier alpha value is -4.05. The van der Waals surface area contributed by atoms with Gasteiger partial charge >= 0.3 is 5.97 Å². The lowest BCUT2D eigenvalue weighted by Crippen LogP contribution is -2.28. The van der Waals surface area contributed by atoms with E-state index in [-0.39, 0.29) is 18.7 Å². The third-order valence-corrected chi connectivity index (χ3v) is 5.33. The molecule has 4 rings (SSSR count). The zero-order valence-electron chi connectivity index (χ0n) is 19.1. The summed E-state index contributed by atoms with van der Waals surface area (Å²) in [5, 5.41) is 12.7. The van der Waals surface area contributed by atoms with Gasteiger partial charge in [-0.2, -0.15) is 0 Å². The molecule has 0 radical (unpaired) electrons. The Labute approximate surface area is 196 Å². The molecule has 0 aliphatic carbocycles. The maximum atomic E-state index is 12.9. The molecule has 0 aliphatic rings. The standard InChI is InChI=1S/C24H26N6O4/c1-3-34-23(31)16-30-22(26-27-28-30)15-29(13-17-7-5-4-6-8-17)14-19-11-18-9-10-20(33-2)12-21(18)25-24(19)32/h4-12H,3,13-16H2,1-2H3,(H,25,32). The Morgan fingerprint density at radius 3 is 2.68 bits per heavy atom. The van der Waals surface area contributed by atoms with E-state index in [9.17, 15) is 9.59 Å². The van der Waals surface area contributed by atoms with Gasteiger partial charge in [-0.3, -0.25) is 14.5 Å². The molecule has 0 saturated carbocycles. The van der Waals surface area contributed by atoms with Gasteiger partial charge in [0.2, 0.25) is 0 Å². The van der Waals surface area contributed by atoms with Crippen molar-refractivity contribution >= 4 is 16.9 Å². The third kappa shape index (κ3) is 5.65. The second kappa shape index (κ2) is 10.7. The van der Waals surface area contributed by atoms with E-state index in [0.29, 0.717) is 42.3 Å². The Bertz CT molecular complexity index is 1320. The van der Waals surface area contributed by atoms with Crippen LogP contribution in [-0.2, 0) is 35.7 Å². The molecule has 2 aromatic heterocycles. The first-order valence-electron chi connectivity index (χ1n) is 10.9. The molecule has 0 spiro atoms. The Morgan fingerprint density at radius 1 is 1.09 bits per heavy atom. The number of hydrogen-bond acceptors (Lipinski definition) is 8. The fourth-order valence-corrected chi connectivity index (χ4v) is 3.71. The Kier molecular flexibility index (Phi) is 7.28. The Morgan fingerprint density at radius 2 is 1.91 bits per heavy atom. The Balaban J connectivity index is 1.61. The quantitative estimate of drug-likeness (QED) is 0.357. The molecule has 4 aromatic rings. The zero-order valence-corrected chi connectivity index (χ0v) is 19.1. The van der Waals surface area contributed by atoms with E-state index < -0.39 is 5.97 Å². The largest absolute Gasteiger partial charge is 0.497 e. The monoisotopic (exact) mass is 462 g/mol. The molecule has 0 unspecified atom stereocenters. The summed E-state index contributed by atoms with van der Waals surface area (Å²) in [5.41, 5.74) is 2.22. The fraction of sp³-hybridized carbons (Fsp3) is 0.292. The number of nitrogens with zero attached hydrogens (tertiary/aromatic N) is 5. The number of esters is 1. The first-order valence-corrected chi connectivity index (χ1v) is 10.9. The molecule has 10 nitrogen and oxygen atoms in total. The lowest BCUT2D eigenvalue weighted by molar-refractivity contribution is -0.144. The molecular weight excluding hydrogens is 436 g/mol. The highest BCUT2D eigenvalue weighted by Crippen LogP contribution is 2.20. The average Bonchev–Trinajstić information content (AvgIpc) is 3.26. The number of aromatic amines is 1. The van der Waals surface area contributed by atoms with Crippen LogP contribution in [0.15, 0.2) is 59.4 Å². The van der Waals surface area contributed by atoms with E-state index in [1.807, 2.05) is 48.5 Å². The molecule has 0 amide bonds. The second-order valence-electron chi connectivity index (χ2n) is 7.77. The van der Waals surface area contributed by atoms with Crippen LogP contribution in [0.3, 0.4) is 0 Å². The van der Waals surface area contributed by atoms with Gasteiger partial charge in [0, 0.05) is 24.7 Å². The van der Waals surface area contributed by atoms with Crippen molar-refractivity contribution in [2.45, 2.75) is 33.1 Å². The average molecular weight is 463 g/mol. The minimum Gasteiger partial charge on any atom is -0.497 e. The van der Waals surface area contributed by atoms with E-state index in [4.69, 9.17) is 9.47 Å². The van der Waals surface area contributed by atoms with Crippen molar-refractivity contribution in [2.75, 3.05) is 13.7 Å². The summed E-state index contributed by atoms with van der Waals surface area (Å²) < 4.78 is 11.7. The summed E-state index contributed by atoms with van der Waals surface area (Å²) in [5.74, 6) is 0.771. The molecule has 0 saturated heterocycles. The van der Waals surface area contributed by atoms with E-state index in [1.54, 1.807) is 20.1 Å². The molecule has 0 fully saturated rings. The second-order valence-corrected chi connectivity index (χ2v) is 7.77. The van der Waals surface area contributed by atoms with Crippen molar-refractivity contribution in [1.29, 1.82) is 0 Å². The molecule has 0 aliphatic heterocycles. The SMILES string of the molecule is CCOC(=O)Cn1nnnc1CN(Cc1ccccc1)Cc1cc2ccc(OC)cc2[nH]c1=O. The molecule has 0 atom stereocenters.